The first-order valence-corrected chi connectivity index (χ1v) is 15.4. The lowest BCUT2D eigenvalue weighted by atomic mass is 10.0. The maximum absolute atomic E-state index is 13.6. The molecule has 17 nitrogen and oxygen atoms in total. The van der Waals surface area contributed by atoms with Crippen LogP contribution in [-0.2, 0) is 33.6 Å². The van der Waals surface area contributed by atoms with E-state index in [1.54, 1.807) is 13.8 Å². The van der Waals surface area contributed by atoms with E-state index in [1.165, 1.54) is 25.9 Å². The molecule has 0 radical (unpaired) electrons. The molecular formula is C24H41N9O8S2. The minimum Gasteiger partial charge on any atom is -0.481 e. The van der Waals surface area contributed by atoms with Crippen LogP contribution in [0.3, 0.4) is 0 Å². The number of carboxylic acid groups (broad SMARTS) is 1. The summed E-state index contributed by atoms with van der Waals surface area (Å²) in [4.78, 5) is 95.0. The number of aliphatic imine (C=N–C) groups is 1. The van der Waals surface area contributed by atoms with Gasteiger partial charge in [-0.3, -0.25) is 38.6 Å². The third-order valence-corrected chi connectivity index (χ3v) is 9.57. The van der Waals surface area contributed by atoms with Crippen LogP contribution in [-0.4, -0.2) is 124 Å². The van der Waals surface area contributed by atoms with Gasteiger partial charge in [0, 0.05) is 38.1 Å². The lowest BCUT2D eigenvalue weighted by Gasteiger charge is -2.34. The Balaban J connectivity index is 3.55. The highest BCUT2D eigenvalue weighted by Gasteiger charge is 2.40. The number of likely N-dealkylation sites (N-methyl/N-ethyl adjacent to an activating group) is 2. The Morgan fingerprint density at radius 2 is 1.72 bits per heavy atom. The van der Waals surface area contributed by atoms with Gasteiger partial charge in [-0.05, 0) is 26.7 Å². The van der Waals surface area contributed by atoms with Crippen LogP contribution in [0.2, 0.25) is 0 Å². The quantitative estimate of drug-likeness (QED) is 0.0599. The predicted octanol–water partition coefficient (Wildman–Crippen LogP) is -3.07. The molecular weight excluding hydrogens is 606 g/mol. The molecule has 1 fully saturated rings. The van der Waals surface area contributed by atoms with Gasteiger partial charge in [-0.2, -0.15) is 0 Å². The first-order valence-electron chi connectivity index (χ1n) is 13.1. The molecule has 0 aliphatic carbocycles. The number of nitrogens with zero attached hydrogens (tertiary/aromatic N) is 3. The summed E-state index contributed by atoms with van der Waals surface area (Å²) in [6, 6.07) is -5.10. The SMILES string of the molecule is CC(=O)N[C@H]1CSSC(C)(C)[C@@H](C(N)=O)NC(=O)[C@H](CC(=O)O)NC(=O)CN(C)C(=O)[C@H](CCCN=C(N)N)N(C)C1=O. The highest BCUT2D eigenvalue weighted by Crippen LogP contribution is 2.38. The van der Waals surface area contributed by atoms with Gasteiger partial charge >= 0.3 is 5.97 Å². The second kappa shape index (κ2) is 16.8. The molecule has 0 saturated carbocycles. The van der Waals surface area contributed by atoms with E-state index in [4.69, 9.17) is 17.2 Å². The first-order chi connectivity index (χ1) is 19.9. The molecule has 0 unspecified atom stereocenters. The number of hydrogen-bond donors (Lipinski definition) is 7. The number of guanidine groups is 1. The standard InChI is InChI=1S/C24H41N9O8S2/c1-12(34)29-14-11-42-43-24(2,3)18(19(25)38)31-20(39)13(9-17(36)37)30-16(35)10-32(4)22(41)15(33(5)21(14)40)7-6-8-28-23(26)27/h13-15,18H,6-11H2,1-5H3,(H2,25,38)(H,29,34)(H,30,35)(H,31,39)(H,36,37)(H4,26,27,28)/t13-,14-,15-,18+/m0/s1. The van der Waals surface area contributed by atoms with Crippen molar-refractivity contribution in [2.24, 2.45) is 22.2 Å². The number of aliphatic carboxylic acids is 1. The lowest BCUT2D eigenvalue weighted by molar-refractivity contribution is -0.147. The molecule has 10 N–H and O–H groups in total. The molecule has 6 amide bonds. The van der Waals surface area contributed by atoms with Gasteiger partial charge in [0.1, 0.15) is 24.2 Å². The van der Waals surface area contributed by atoms with Gasteiger partial charge in [-0.15, -0.1) is 0 Å². The molecule has 0 aromatic rings. The van der Waals surface area contributed by atoms with Crippen LogP contribution in [0.25, 0.3) is 0 Å². The molecule has 0 aromatic heterocycles. The van der Waals surface area contributed by atoms with Crippen molar-refractivity contribution < 1.29 is 38.7 Å². The predicted molar refractivity (Wildman–Crippen MR) is 161 cm³/mol. The van der Waals surface area contributed by atoms with E-state index in [2.05, 4.69) is 20.9 Å². The Hall–Kier alpha value is -3.74. The second-order valence-electron chi connectivity index (χ2n) is 10.4. The van der Waals surface area contributed by atoms with Gasteiger partial charge in [-0.1, -0.05) is 21.6 Å². The number of carbonyl (C=O) groups is 7. The summed E-state index contributed by atoms with van der Waals surface area (Å²) in [5.74, 6) is -6.05. The van der Waals surface area contributed by atoms with Crippen LogP contribution in [0, 0.1) is 0 Å². The van der Waals surface area contributed by atoms with Gasteiger partial charge in [0.15, 0.2) is 5.96 Å². The third-order valence-electron chi connectivity index (χ3n) is 6.27. The topological polar surface area (TPSA) is 273 Å². The maximum atomic E-state index is 13.6. The number of carbonyl (C=O) groups excluding carboxylic acids is 6. The zero-order chi connectivity index (χ0) is 33.1. The van der Waals surface area contributed by atoms with Crippen molar-refractivity contribution in [2.45, 2.75) is 68.9 Å². The van der Waals surface area contributed by atoms with Gasteiger partial charge < -0.3 is 48.1 Å². The van der Waals surface area contributed by atoms with Crippen LogP contribution in [0.1, 0.15) is 40.0 Å². The Labute approximate surface area is 257 Å². The van der Waals surface area contributed by atoms with E-state index in [1.807, 2.05) is 0 Å². The van der Waals surface area contributed by atoms with Crippen LogP contribution in [0.15, 0.2) is 4.99 Å². The number of rotatable bonds is 8. The highest BCUT2D eigenvalue weighted by atomic mass is 33.1. The summed E-state index contributed by atoms with van der Waals surface area (Å²) in [5, 5.41) is 16.6. The summed E-state index contributed by atoms with van der Waals surface area (Å²) >= 11 is 0. The molecule has 4 atom stereocenters. The molecule has 1 aliphatic rings. The summed E-state index contributed by atoms with van der Waals surface area (Å²) in [6.07, 6.45) is -0.438. The molecule has 1 heterocycles. The van der Waals surface area contributed by atoms with E-state index < -0.39 is 83.3 Å². The first kappa shape index (κ1) is 37.3. The molecule has 0 bridgehead atoms. The molecule has 0 spiro atoms. The molecule has 1 aliphatic heterocycles. The van der Waals surface area contributed by atoms with Crippen molar-refractivity contribution in [3.63, 3.8) is 0 Å². The number of hydrogen-bond acceptors (Lipinski definition) is 10. The fraction of sp³-hybridized carbons (Fsp3) is 0.667. The average Bonchev–Trinajstić information content (AvgIpc) is 2.87. The fourth-order valence-corrected chi connectivity index (χ4v) is 6.92. The van der Waals surface area contributed by atoms with E-state index in [-0.39, 0.29) is 31.1 Å². The van der Waals surface area contributed by atoms with E-state index in [0.29, 0.717) is 0 Å². The summed E-state index contributed by atoms with van der Waals surface area (Å²) < 4.78 is -1.10. The average molecular weight is 648 g/mol. The maximum Gasteiger partial charge on any atom is 0.305 e. The van der Waals surface area contributed by atoms with Crippen molar-refractivity contribution in [2.75, 3.05) is 32.9 Å². The minimum absolute atomic E-state index is 0.00269. The van der Waals surface area contributed by atoms with Crippen LogP contribution >= 0.6 is 21.6 Å². The zero-order valence-electron chi connectivity index (χ0n) is 24.7. The van der Waals surface area contributed by atoms with Crippen molar-refractivity contribution in [3.8, 4) is 0 Å². The van der Waals surface area contributed by atoms with Gasteiger partial charge in [0.25, 0.3) is 0 Å². The van der Waals surface area contributed by atoms with Gasteiger partial charge in [0.05, 0.1) is 13.0 Å². The molecule has 242 valence electrons. The van der Waals surface area contributed by atoms with Crippen LogP contribution in [0.4, 0.5) is 0 Å². The van der Waals surface area contributed by atoms with E-state index >= 15 is 0 Å². The summed E-state index contributed by atoms with van der Waals surface area (Å²) in [6.45, 7) is 3.98. The van der Waals surface area contributed by atoms with E-state index in [9.17, 15) is 38.7 Å². The molecule has 1 saturated heterocycles. The van der Waals surface area contributed by atoms with Gasteiger partial charge in [-0.25, -0.2) is 0 Å². The summed E-state index contributed by atoms with van der Waals surface area (Å²) in [7, 11) is 4.88. The third kappa shape index (κ3) is 12.2. The zero-order valence-corrected chi connectivity index (χ0v) is 26.4. The van der Waals surface area contributed by atoms with E-state index in [0.717, 1.165) is 26.5 Å². The smallest absolute Gasteiger partial charge is 0.305 e. The Morgan fingerprint density at radius 1 is 1.09 bits per heavy atom. The minimum atomic E-state index is -1.59. The molecule has 1 rings (SSSR count). The van der Waals surface area contributed by atoms with Gasteiger partial charge in [0.2, 0.25) is 35.4 Å². The fourth-order valence-electron chi connectivity index (χ4n) is 4.10. The Bertz CT molecular complexity index is 1120. The van der Waals surface area contributed by atoms with Crippen molar-refractivity contribution in [1.29, 1.82) is 0 Å². The Morgan fingerprint density at radius 3 is 2.26 bits per heavy atom. The van der Waals surface area contributed by atoms with Crippen LogP contribution < -0.4 is 33.2 Å². The van der Waals surface area contributed by atoms with Crippen molar-refractivity contribution in [3.05, 3.63) is 0 Å². The molecule has 19 heteroatoms. The van der Waals surface area contributed by atoms with Crippen LogP contribution in [0.5, 0.6) is 0 Å². The number of primary amides is 1. The second-order valence-corrected chi connectivity index (χ2v) is 13.4. The largest absolute Gasteiger partial charge is 0.481 e. The van der Waals surface area contributed by atoms with Crippen molar-refractivity contribution >= 4 is 69.0 Å². The number of nitrogens with one attached hydrogen (secondary N) is 3. The van der Waals surface area contributed by atoms with Crippen molar-refractivity contribution in [1.82, 2.24) is 25.8 Å². The molecule has 0 aromatic carbocycles. The highest BCUT2D eigenvalue weighted by molar-refractivity contribution is 8.77. The summed E-state index contributed by atoms with van der Waals surface area (Å²) in [5.41, 5.74) is 16.3. The number of nitrogens with two attached hydrogens (primary N) is 3. The monoisotopic (exact) mass is 647 g/mol. The number of carboxylic acids is 1. The Kier molecular flexibility index (Phi) is 14.6. The number of amides is 6. The normalized spacial score (nSPS) is 24.3. The molecule has 43 heavy (non-hydrogen) atoms. The lowest BCUT2D eigenvalue weighted by Crippen LogP contribution is -2.60.